The van der Waals surface area contributed by atoms with Crippen LogP contribution in [-0.4, -0.2) is 43.6 Å². The average molecular weight is 318 g/mol. The van der Waals surface area contributed by atoms with Crippen molar-refractivity contribution < 1.29 is 14.4 Å². The third-order valence-corrected chi connectivity index (χ3v) is 3.88. The first-order valence-corrected chi connectivity index (χ1v) is 7.15. The highest BCUT2D eigenvalue weighted by molar-refractivity contribution is 7.15. The SMILES string of the molecule is C=CCN1C(=O)C(=O)N(Cc2cc(=O)n3ccsc3n2)C1=O. The Morgan fingerprint density at radius 2 is 1.91 bits per heavy atom. The number of imide groups is 2. The molecule has 22 heavy (non-hydrogen) atoms. The van der Waals surface area contributed by atoms with E-state index in [2.05, 4.69) is 11.6 Å². The van der Waals surface area contributed by atoms with Crippen LogP contribution in [0.25, 0.3) is 4.96 Å². The van der Waals surface area contributed by atoms with Gasteiger partial charge in [-0.2, -0.15) is 0 Å². The maximum absolute atomic E-state index is 12.1. The molecule has 2 aromatic rings. The van der Waals surface area contributed by atoms with Crippen molar-refractivity contribution in [1.29, 1.82) is 0 Å². The van der Waals surface area contributed by atoms with E-state index in [1.807, 2.05) is 0 Å². The van der Waals surface area contributed by atoms with E-state index in [0.29, 0.717) is 4.96 Å². The van der Waals surface area contributed by atoms with Crippen molar-refractivity contribution in [3.8, 4) is 0 Å². The van der Waals surface area contributed by atoms with Crippen LogP contribution in [0.4, 0.5) is 4.79 Å². The van der Waals surface area contributed by atoms with Gasteiger partial charge in [0.25, 0.3) is 5.56 Å². The molecule has 1 fully saturated rings. The number of aromatic nitrogens is 2. The molecule has 0 atom stereocenters. The van der Waals surface area contributed by atoms with Gasteiger partial charge < -0.3 is 0 Å². The van der Waals surface area contributed by atoms with E-state index < -0.39 is 17.8 Å². The molecule has 0 aliphatic carbocycles. The number of hydrogen-bond donors (Lipinski definition) is 0. The Balaban J connectivity index is 1.92. The lowest BCUT2D eigenvalue weighted by Crippen LogP contribution is -2.33. The minimum Gasteiger partial charge on any atom is -0.269 e. The number of carbonyl (C=O) groups is 3. The summed E-state index contributed by atoms with van der Waals surface area (Å²) in [5.74, 6) is -1.83. The van der Waals surface area contributed by atoms with Crippen LogP contribution in [0, 0.1) is 0 Å². The molecular weight excluding hydrogens is 308 g/mol. The van der Waals surface area contributed by atoms with Crippen molar-refractivity contribution in [1.82, 2.24) is 19.2 Å². The van der Waals surface area contributed by atoms with Gasteiger partial charge in [0.1, 0.15) is 0 Å². The van der Waals surface area contributed by atoms with Crippen LogP contribution in [0.2, 0.25) is 0 Å². The normalized spacial score (nSPS) is 15.2. The Morgan fingerprint density at radius 3 is 2.64 bits per heavy atom. The third-order valence-electron chi connectivity index (χ3n) is 3.12. The molecule has 0 spiro atoms. The summed E-state index contributed by atoms with van der Waals surface area (Å²) in [5.41, 5.74) is -0.0583. The molecule has 0 saturated carbocycles. The number of hydrogen-bond acceptors (Lipinski definition) is 6. The van der Waals surface area contributed by atoms with Gasteiger partial charge in [-0.05, 0) is 0 Å². The zero-order valence-corrected chi connectivity index (χ0v) is 12.1. The van der Waals surface area contributed by atoms with E-state index in [4.69, 9.17) is 0 Å². The molecule has 0 aromatic carbocycles. The molecule has 4 amide bonds. The van der Waals surface area contributed by atoms with Crippen molar-refractivity contribution in [2.24, 2.45) is 0 Å². The predicted octanol–water partition coefficient (Wildman–Crippen LogP) is 0.233. The molecule has 8 nitrogen and oxygen atoms in total. The van der Waals surface area contributed by atoms with Crippen LogP contribution in [0.1, 0.15) is 5.69 Å². The van der Waals surface area contributed by atoms with Gasteiger partial charge >= 0.3 is 17.8 Å². The molecule has 3 heterocycles. The van der Waals surface area contributed by atoms with E-state index in [1.54, 1.807) is 11.6 Å². The number of thiazole rings is 1. The van der Waals surface area contributed by atoms with Gasteiger partial charge in [0.15, 0.2) is 4.96 Å². The van der Waals surface area contributed by atoms with E-state index >= 15 is 0 Å². The lowest BCUT2D eigenvalue weighted by Gasteiger charge is -2.13. The van der Waals surface area contributed by atoms with Crippen molar-refractivity contribution in [2.75, 3.05) is 6.54 Å². The lowest BCUT2D eigenvalue weighted by atomic mass is 10.3. The standard InChI is InChI=1S/C13H10N4O4S/c1-2-3-16-10(19)11(20)17(13(16)21)7-8-6-9(18)15-4-5-22-12(15)14-8/h2,4-6H,1,3,7H2. The summed E-state index contributed by atoms with van der Waals surface area (Å²) in [6, 6.07) is 0.504. The quantitative estimate of drug-likeness (QED) is 0.457. The number of rotatable bonds is 4. The second-order valence-corrected chi connectivity index (χ2v) is 5.39. The maximum Gasteiger partial charge on any atom is 0.334 e. The van der Waals surface area contributed by atoms with Gasteiger partial charge in [-0.25, -0.2) is 14.7 Å². The molecule has 2 aromatic heterocycles. The molecule has 0 radical (unpaired) electrons. The van der Waals surface area contributed by atoms with Gasteiger partial charge in [0, 0.05) is 24.2 Å². The summed E-state index contributed by atoms with van der Waals surface area (Å²) in [6.07, 6.45) is 2.94. The number of fused-ring (bicyclic) bond motifs is 1. The molecule has 3 rings (SSSR count). The number of urea groups is 1. The van der Waals surface area contributed by atoms with E-state index in [0.717, 1.165) is 9.80 Å². The smallest absolute Gasteiger partial charge is 0.269 e. The fourth-order valence-electron chi connectivity index (χ4n) is 2.11. The predicted molar refractivity (Wildman–Crippen MR) is 77.2 cm³/mol. The van der Waals surface area contributed by atoms with Crippen molar-refractivity contribution in [3.05, 3.63) is 46.3 Å². The van der Waals surface area contributed by atoms with Crippen molar-refractivity contribution in [3.63, 3.8) is 0 Å². The second kappa shape index (κ2) is 5.19. The minimum absolute atomic E-state index is 0.0417. The summed E-state index contributed by atoms with van der Waals surface area (Å²) in [4.78, 5) is 53.8. The molecule has 1 aliphatic heterocycles. The summed E-state index contributed by atoms with van der Waals surface area (Å²) in [5, 5.41) is 1.70. The fourth-order valence-corrected chi connectivity index (χ4v) is 2.85. The number of nitrogens with zero attached hydrogens (tertiary/aromatic N) is 4. The zero-order chi connectivity index (χ0) is 15.9. The highest BCUT2D eigenvalue weighted by Crippen LogP contribution is 2.15. The lowest BCUT2D eigenvalue weighted by molar-refractivity contribution is -0.143. The molecule has 1 aliphatic rings. The highest BCUT2D eigenvalue weighted by Gasteiger charge is 2.43. The van der Waals surface area contributed by atoms with Gasteiger partial charge in [-0.15, -0.1) is 17.9 Å². The summed E-state index contributed by atoms with van der Waals surface area (Å²) in [7, 11) is 0. The van der Waals surface area contributed by atoms with Gasteiger partial charge in [0.2, 0.25) is 0 Å². The Morgan fingerprint density at radius 1 is 1.18 bits per heavy atom. The molecule has 112 valence electrons. The summed E-state index contributed by atoms with van der Waals surface area (Å²) < 4.78 is 1.36. The Hall–Kier alpha value is -2.81. The third kappa shape index (κ3) is 2.11. The van der Waals surface area contributed by atoms with E-state index in [9.17, 15) is 19.2 Å². The van der Waals surface area contributed by atoms with Crippen LogP contribution in [0.3, 0.4) is 0 Å². The first-order valence-electron chi connectivity index (χ1n) is 6.27. The van der Waals surface area contributed by atoms with Crippen molar-refractivity contribution >= 4 is 34.1 Å². The van der Waals surface area contributed by atoms with Crippen LogP contribution >= 0.6 is 11.3 Å². The monoisotopic (exact) mass is 318 g/mol. The molecule has 0 unspecified atom stereocenters. The summed E-state index contributed by atoms with van der Waals surface area (Å²) >= 11 is 1.26. The summed E-state index contributed by atoms with van der Waals surface area (Å²) in [6.45, 7) is 3.17. The number of carbonyl (C=O) groups excluding carboxylic acids is 3. The Bertz CT molecular complexity index is 868. The topological polar surface area (TPSA) is 92.1 Å². The largest absolute Gasteiger partial charge is 0.334 e. The molecule has 1 saturated heterocycles. The first-order chi connectivity index (χ1) is 10.5. The fraction of sp³-hybridized carbons (Fsp3) is 0.154. The van der Waals surface area contributed by atoms with Crippen molar-refractivity contribution in [2.45, 2.75) is 6.54 Å². The second-order valence-electron chi connectivity index (χ2n) is 4.52. The van der Waals surface area contributed by atoms with Gasteiger partial charge in [0.05, 0.1) is 12.2 Å². The number of amides is 4. The van der Waals surface area contributed by atoms with Gasteiger partial charge in [-0.3, -0.25) is 23.7 Å². The van der Waals surface area contributed by atoms with E-state index in [1.165, 1.54) is 27.9 Å². The zero-order valence-electron chi connectivity index (χ0n) is 11.3. The van der Waals surface area contributed by atoms with Crippen LogP contribution in [-0.2, 0) is 16.1 Å². The molecule has 0 bridgehead atoms. The highest BCUT2D eigenvalue weighted by atomic mass is 32.1. The van der Waals surface area contributed by atoms with Gasteiger partial charge in [-0.1, -0.05) is 6.08 Å². The van der Waals surface area contributed by atoms with E-state index in [-0.39, 0.29) is 24.3 Å². The van der Waals surface area contributed by atoms with Crippen LogP contribution < -0.4 is 5.56 Å². The Labute approximate surface area is 127 Å². The molecule has 0 N–H and O–H groups in total. The molecule has 9 heteroatoms. The van der Waals surface area contributed by atoms with Crippen LogP contribution in [0.5, 0.6) is 0 Å². The average Bonchev–Trinajstić information content (AvgIpc) is 3.03. The minimum atomic E-state index is -0.931. The van der Waals surface area contributed by atoms with Crippen LogP contribution in [0.15, 0.2) is 35.1 Å². The Kier molecular flexibility index (Phi) is 3.33. The first kappa shape index (κ1) is 14.1. The molecular formula is C13H10N4O4S. The maximum atomic E-state index is 12.1.